The van der Waals surface area contributed by atoms with Gasteiger partial charge in [0.2, 0.25) is 0 Å². The predicted molar refractivity (Wildman–Crippen MR) is 93.9 cm³/mol. The molecule has 2 heterocycles. The lowest BCUT2D eigenvalue weighted by Gasteiger charge is -2.10. The summed E-state index contributed by atoms with van der Waals surface area (Å²) in [5.74, 6) is -0.757. The number of esters is 1. The van der Waals surface area contributed by atoms with E-state index in [1.54, 1.807) is 32.3 Å². The van der Waals surface area contributed by atoms with Crippen LogP contribution in [0.1, 0.15) is 27.6 Å². The fourth-order valence-electron chi connectivity index (χ4n) is 2.48. The van der Waals surface area contributed by atoms with E-state index in [0.717, 1.165) is 5.39 Å². The summed E-state index contributed by atoms with van der Waals surface area (Å²) < 4.78 is 6.37. The molecule has 0 aliphatic rings. The Balaban J connectivity index is 2.00. The van der Waals surface area contributed by atoms with E-state index in [-0.39, 0.29) is 18.0 Å². The van der Waals surface area contributed by atoms with Crippen molar-refractivity contribution in [2.24, 2.45) is 7.05 Å². The molecule has 0 atom stereocenters. The van der Waals surface area contributed by atoms with E-state index in [0.29, 0.717) is 16.0 Å². The molecule has 0 saturated heterocycles. The van der Waals surface area contributed by atoms with Gasteiger partial charge in [-0.3, -0.25) is 14.5 Å². The molecule has 7 nitrogen and oxygen atoms in total. The van der Waals surface area contributed by atoms with Crippen LogP contribution >= 0.6 is 11.6 Å². The van der Waals surface area contributed by atoms with Gasteiger partial charge >= 0.3 is 5.97 Å². The number of rotatable bonds is 4. The van der Waals surface area contributed by atoms with Gasteiger partial charge in [0, 0.05) is 35.2 Å². The zero-order valence-corrected chi connectivity index (χ0v) is 14.4. The van der Waals surface area contributed by atoms with Crippen LogP contribution in [0.25, 0.3) is 10.8 Å². The second kappa shape index (κ2) is 6.90. The number of hydrogen-bond donors (Lipinski definition) is 1. The highest BCUT2D eigenvalue weighted by Gasteiger charge is 2.21. The maximum Gasteiger partial charge on any atom is 0.343 e. The smallest absolute Gasteiger partial charge is 0.343 e. The second-order valence-corrected chi connectivity index (χ2v) is 5.64. The van der Waals surface area contributed by atoms with Gasteiger partial charge in [0.25, 0.3) is 5.91 Å². The first-order valence-corrected chi connectivity index (χ1v) is 7.93. The minimum atomic E-state index is -0.556. The summed E-state index contributed by atoms with van der Waals surface area (Å²) in [6.07, 6.45) is 4.41. The van der Waals surface area contributed by atoms with Crippen LogP contribution in [0.3, 0.4) is 0 Å². The Morgan fingerprint density at radius 2 is 2.04 bits per heavy atom. The van der Waals surface area contributed by atoms with E-state index in [1.807, 2.05) is 6.07 Å². The van der Waals surface area contributed by atoms with Crippen LogP contribution < -0.4 is 5.32 Å². The summed E-state index contributed by atoms with van der Waals surface area (Å²) in [4.78, 5) is 28.8. The average molecular weight is 359 g/mol. The van der Waals surface area contributed by atoms with Crippen molar-refractivity contribution in [3.8, 4) is 0 Å². The Kier molecular flexibility index (Phi) is 4.67. The number of ether oxygens (including phenoxy) is 1. The highest BCUT2D eigenvalue weighted by Crippen LogP contribution is 2.27. The molecule has 1 aromatic carbocycles. The van der Waals surface area contributed by atoms with E-state index < -0.39 is 11.9 Å². The molecule has 0 spiro atoms. The fourth-order valence-corrected chi connectivity index (χ4v) is 2.76. The van der Waals surface area contributed by atoms with Gasteiger partial charge in [-0.05, 0) is 13.0 Å². The van der Waals surface area contributed by atoms with Crippen molar-refractivity contribution in [3.63, 3.8) is 0 Å². The number of fused-ring (bicyclic) bond motifs is 1. The third kappa shape index (κ3) is 3.18. The number of aromatic nitrogens is 3. The Hall–Kier alpha value is -2.93. The summed E-state index contributed by atoms with van der Waals surface area (Å²) in [6.45, 7) is 1.93. The number of halogens is 1. The Morgan fingerprint density at radius 1 is 1.24 bits per heavy atom. The molecule has 128 valence electrons. The SMILES string of the molecule is CCOC(=O)c1cnn(C)c1NC(=O)c1cncc2cccc(Cl)c12. The first kappa shape index (κ1) is 16.9. The molecule has 2 aromatic heterocycles. The van der Waals surface area contributed by atoms with Gasteiger partial charge in [0.05, 0.1) is 18.4 Å². The van der Waals surface area contributed by atoms with Gasteiger partial charge in [0.15, 0.2) is 0 Å². The van der Waals surface area contributed by atoms with Crippen molar-refractivity contribution in [1.29, 1.82) is 0 Å². The van der Waals surface area contributed by atoms with Crippen molar-refractivity contribution >= 4 is 40.1 Å². The van der Waals surface area contributed by atoms with Crippen LogP contribution in [0.15, 0.2) is 36.8 Å². The lowest BCUT2D eigenvalue weighted by Crippen LogP contribution is -2.18. The molecule has 0 unspecified atom stereocenters. The largest absolute Gasteiger partial charge is 0.462 e. The third-order valence-corrected chi connectivity index (χ3v) is 3.96. The quantitative estimate of drug-likeness (QED) is 0.724. The van der Waals surface area contributed by atoms with Crippen LogP contribution in [-0.2, 0) is 11.8 Å². The molecular weight excluding hydrogens is 344 g/mol. The van der Waals surface area contributed by atoms with Gasteiger partial charge in [0.1, 0.15) is 11.4 Å². The molecule has 8 heteroatoms. The van der Waals surface area contributed by atoms with Gasteiger partial charge < -0.3 is 10.1 Å². The lowest BCUT2D eigenvalue weighted by molar-refractivity contribution is 0.0527. The topological polar surface area (TPSA) is 86.1 Å². The zero-order valence-electron chi connectivity index (χ0n) is 13.6. The summed E-state index contributed by atoms with van der Waals surface area (Å²) >= 11 is 6.24. The molecular formula is C17H15ClN4O3. The number of carbonyl (C=O) groups excluding carboxylic acids is 2. The van der Waals surface area contributed by atoms with Gasteiger partial charge in [-0.1, -0.05) is 23.7 Å². The summed E-state index contributed by atoms with van der Waals surface area (Å²) in [5.41, 5.74) is 0.483. The standard InChI is InChI=1S/C17H15ClN4O3/c1-3-25-17(24)12-9-20-22(2)15(12)21-16(23)11-8-19-7-10-5-4-6-13(18)14(10)11/h4-9H,3H2,1-2H3,(H,21,23). The van der Waals surface area contributed by atoms with E-state index in [1.165, 1.54) is 17.1 Å². The van der Waals surface area contributed by atoms with E-state index in [4.69, 9.17) is 16.3 Å². The Labute approximate surface area is 148 Å². The molecule has 0 radical (unpaired) electrons. The monoisotopic (exact) mass is 358 g/mol. The Bertz CT molecular complexity index is 962. The second-order valence-electron chi connectivity index (χ2n) is 5.23. The number of amides is 1. The highest BCUT2D eigenvalue weighted by atomic mass is 35.5. The van der Waals surface area contributed by atoms with E-state index in [9.17, 15) is 9.59 Å². The molecule has 0 fully saturated rings. The molecule has 3 aromatic rings. The molecule has 25 heavy (non-hydrogen) atoms. The molecule has 0 aliphatic heterocycles. The summed E-state index contributed by atoms with van der Waals surface area (Å²) in [6, 6.07) is 5.31. The fraction of sp³-hybridized carbons (Fsp3) is 0.176. The predicted octanol–water partition coefficient (Wildman–Crippen LogP) is 3.05. The molecule has 1 amide bonds. The van der Waals surface area contributed by atoms with Gasteiger partial charge in [-0.25, -0.2) is 4.79 Å². The number of nitrogens with one attached hydrogen (secondary N) is 1. The number of anilines is 1. The molecule has 0 saturated carbocycles. The molecule has 0 bridgehead atoms. The minimum Gasteiger partial charge on any atom is -0.462 e. The first-order valence-electron chi connectivity index (χ1n) is 7.55. The van der Waals surface area contributed by atoms with E-state index in [2.05, 4.69) is 15.4 Å². The molecule has 0 aliphatic carbocycles. The van der Waals surface area contributed by atoms with Crippen molar-refractivity contribution in [1.82, 2.24) is 14.8 Å². The minimum absolute atomic E-state index is 0.178. The average Bonchev–Trinajstić information content (AvgIpc) is 2.95. The number of benzene rings is 1. The van der Waals surface area contributed by atoms with E-state index >= 15 is 0 Å². The maximum atomic E-state index is 12.8. The number of aryl methyl sites for hydroxylation is 1. The van der Waals surface area contributed by atoms with Gasteiger partial charge in [-0.2, -0.15) is 5.10 Å². The third-order valence-electron chi connectivity index (χ3n) is 3.64. The molecule has 1 N–H and O–H groups in total. The normalized spacial score (nSPS) is 10.7. The summed E-state index contributed by atoms with van der Waals surface area (Å²) in [5, 5.41) is 8.49. The van der Waals surface area contributed by atoms with Crippen LogP contribution in [0.2, 0.25) is 5.02 Å². The Morgan fingerprint density at radius 3 is 2.80 bits per heavy atom. The van der Waals surface area contributed by atoms with Crippen LogP contribution in [0.5, 0.6) is 0 Å². The van der Waals surface area contributed by atoms with Crippen LogP contribution in [0, 0.1) is 0 Å². The van der Waals surface area contributed by atoms with Crippen LogP contribution in [-0.4, -0.2) is 33.2 Å². The van der Waals surface area contributed by atoms with Crippen LogP contribution in [0.4, 0.5) is 5.82 Å². The first-order chi connectivity index (χ1) is 12.0. The molecule has 3 rings (SSSR count). The van der Waals surface area contributed by atoms with Crippen molar-refractivity contribution in [2.75, 3.05) is 11.9 Å². The highest BCUT2D eigenvalue weighted by molar-refractivity contribution is 6.37. The van der Waals surface area contributed by atoms with Crippen molar-refractivity contribution in [3.05, 3.63) is 52.9 Å². The van der Waals surface area contributed by atoms with Crippen molar-refractivity contribution < 1.29 is 14.3 Å². The number of nitrogens with zero attached hydrogens (tertiary/aromatic N) is 3. The number of carbonyl (C=O) groups is 2. The summed E-state index contributed by atoms with van der Waals surface area (Å²) in [7, 11) is 1.62. The number of pyridine rings is 1. The van der Waals surface area contributed by atoms with Crippen molar-refractivity contribution in [2.45, 2.75) is 6.92 Å². The maximum absolute atomic E-state index is 12.8. The lowest BCUT2D eigenvalue weighted by atomic mass is 10.1. The van der Waals surface area contributed by atoms with Gasteiger partial charge in [-0.15, -0.1) is 0 Å². The number of hydrogen-bond acceptors (Lipinski definition) is 5. The zero-order chi connectivity index (χ0) is 18.0.